The van der Waals surface area contributed by atoms with Crippen LogP contribution in [0.3, 0.4) is 0 Å². The monoisotopic (exact) mass is 485 g/mol. The number of hydrogen-bond donors (Lipinski definition) is 4. The molecule has 2 heterocycles. The molecular weight excluding hydrogens is 454 g/mol. The predicted octanol–water partition coefficient (Wildman–Crippen LogP) is 2.10. The number of hydroxylamine groups is 2. The zero-order valence-electron chi connectivity index (χ0n) is 19.8. The van der Waals surface area contributed by atoms with E-state index < -0.39 is 48.2 Å². The van der Waals surface area contributed by atoms with Crippen LogP contribution in [0, 0.1) is 0 Å². The van der Waals surface area contributed by atoms with Gasteiger partial charge in [0.05, 0.1) is 24.2 Å². The molecular formula is C26H31NO8. The lowest BCUT2D eigenvalue weighted by molar-refractivity contribution is -0.333. The zero-order chi connectivity index (χ0) is 25.3. The van der Waals surface area contributed by atoms with Crippen molar-refractivity contribution in [3.63, 3.8) is 0 Å². The average molecular weight is 486 g/mol. The van der Waals surface area contributed by atoms with Gasteiger partial charge < -0.3 is 29.6 Å². The Morgan fingerprint density at radius 2 is 1.66 bits per heavy atom. The molecule has 1 aromatic heterocycles. The highest BCUT2D eigenvalue weighted by Gasteiger charge is 2.46. The SMILES string of the molecule is CON(C(C)CC(c1ccccc1)c1c(O)c2ccccc2oc1=O)C1O[C@@H](C)[C@@H](O)[C@@H](O)[C@@H]1O. The third-order valence-electron chi connectivity index (χ3n) is 6.67. The van der Waals surface area contributed by atoms with Crippen LogP contribution in [0.1, 0.15) is 37.3 Å². The van der Waals surface area contributed by atoms with Crippen LogP contribution in [0.5, 0.6) is 5.75 Å². The van der Waals surface area contributed by atoms with Gasteiger partial charge in [-0.2, -0.15) is 5.06 Å². The molecule has 0 amide bonds. The standard InChI is InChI=1S/C26H31NO8/c1-14(27(33-3)25-24(31)23(30)21(28)15(2)34-25)13-18(16-9-5-4-6-10-16)20-22(29)17-11-7-8-12-19(17)35-26(20)32/h4-12,14-15,18,21,23-25,28-31H,13H2,1-3H3/t14?,15-,18?,21+,23+,24-,25?/m0/s1. The van der Waals surface area contributed by atoms with Crippen molar-refractivity contribution in [3.8, 4) is 5.75 Å². The molecule has 7 atom stereocenters. The lowest BCUT2D eigenvalue weighted by Gasteiger charge is -2.45. The van der Waals surface area contributed by atoms with Gasteiger partial charge in [-0.05, 0) is 38.0 Å². The Bertz CT molecular complexity index is 1200. The summed E-state index contributed by atoms with van der Waals surface area (Å²) < 4.78 is 11.3. The summed E-state index contributed by atoms with van der Waals surface area (Å²) >= 11 is 0. The Balaban J connectivity index is 1.73. The Morgan fingerprint density at radius 1 is 1.00 bits per heavy atom. The first-order chi connectivity index (χ1) is 16.7. The number of aliphatic hydroxyl groups is 3. The first-order valence-corrected chi connectivity index (χ1v) is 11.6. The molecule has 1 aliphatic heterocycles. The van der Waals surface area contributed by atoms with Crippen LogP contribution in [0.4, 0.5) is 0 Å². The van der Waals surface area contributed by atoms with Crippen molar-refractivity contribution in [1.29, 1.82) is 0 Å². The average Bonchev–Trinajstić information content (AvgIpc) is 2.86. The van der Waals surface area contributed by atoms with Crippen molar-refractivity contribution in [1.82, 2.24) is 5.06 Å². The molecule has 1 saturated heterocycles. The summed E-state index contributed by atoms with van der Waals surface area (Å²) in [6.45, 7) is 3.41. The number of para-hydroxylation sites is 1. The van der Waals surface area contributed by atoms with Crippen molar-refractivity contribution in [3.05, 3.63) is 76.1 Å². The fraction of sp³-hybridized carbons (Fsp3) is 0.423. The van der Waals surface area contributed by atoms with Gasteiger partial charge in [-0.25, -0.2) is 4.79 Å². The number of hydrogen-bond acceptors (Lipinski definition) is 9. The van der Waals surface area contributed by atoms with Crippen LogP contribution in [0.25, 0.3) is 11.0 Å². The molecule has 188 valence electrons. The minimum atomic E-state index is -1.43. The Hall–Kier alpha value is -2.79. The fourth-order valence-corrected chi connectivity index (χ4v) is 4.78. The van der Waals surface area contributed by atoms with E-state index in [1.54, 1.807) is 31.2 Å². The maximum absolute atomic E-state index is 13.1. The molecule has 0 aliphatic carbocycles. The van der Waals surface area contributed by atoms with E-state index in [0.29, 0.717) is 5.39 Å². The number of rotatable bonds is 7. The van der Waals surface area contributed by atoms with Crippen molar-refractivity contribution >= 4 is 11.0 Å². The molecule has 3 unspecified atom stereocenters. The van der Waals surface area contributed by atoms with Crippen molar-refractivity contribution in [2.45, 2.75) is 62.9 Å². The molecule has 9 nitrogen and oxygen atoms in total. The van der Waals surface area contributed by atoms with Gasteiger partial charge in [-0.3, -0.25) is 4.84 Å². The minimum absolute atomic E-state index is 0.117. The highest BCUT2D eigenvalue weighted by molar-refractivity contribution is 5.84. The number of nitrogens with zero attached hydrogens (tertiary/aromatic N) is 1. The Kier molecular flexibility index (Phi) is 7.56. The van der Waals surface area contributed by atoms with Gasteiger partial charge in [0.1, 0.15) is 29.6 Å². The van der Waals surface area contributed by atoms with E-state index in [-0.39, 0.29) is 23.3 Å². The second-order valence-electron chi connectivity index (χ2n) is 8.94. The van der Waals surface area contributed by atoms with Crippen LogP contribution >= 0.6 is 0 Å². The molecule has 1 aliphatic rings. The van der Waals surface area contributed by atoms with E-state index in [2.05, 4.69) is 0 Å². The molecule has 1 fully saturated rings. The maximum Gasteiger partial charge on any atom is 0.343 e. The topological polar surface area (TPSA) is 133 Å². The lowest BCUT2D eigenvalue weighted by Crippen LogP contribution is -2.63. The predicted molar refractivity (Wildman–Crippen MR) is 128 cm³/mol. The van der Waals surface area contributed by atoms with E-state index in [9.17, 15) is 25.2 Å². The number of aromatic hydroxyl groups is 1. The zero-order valence-corrected chi connectivity index (χ0v) is 19.8. The molecule has 3 aromatic rings. The van der Waals surface area contributed by atoms with Gasteiger partial charge >= 0.3 is 5.63 Å². The quantitative estimate of drug-likeness (QED) is 0.293. The normalized spacial score (nSPS) is 26.7. The van der Waals surface area contributed by atoms with Gasteiger partial charge in [0.2, 0.25) is 0 Å². The molecule has 0 bridgehead atoms. The summed E-state index contributed by atoms with van der Waals surface area (Å²) in [5, 5.41) is 43.9. The largest absolute Gasteiger partial charge is 0.507 e. The molecule has 35 heavy (non-hydrogen) atoms. The van der Waals surface area contributed by atoms with E-state index in [1.807, 2.05) is 37.3 Å². The van der Waals surface area contributed by atoms with Crippen LogP contribution < -0.4 is 5.63 Å². The number of benzene rings is 2. The molecule has 2 aromatic carbocycles. The molecule has 4 rings (SSSR count). The van der Waals surface area contributed by atoms with Gasteiger partial charge in [0, 0.05) is 12.0 Å². The summed E-state index contributed by atoms with van der Waals surface area (Å²) in [7, 11) is 1.41. The summed E-state index contributed by atoms with van der Waals surface area (Å²) in [6, 6.07) is 15.6. The number of fused-ring (bicyclic) bond motifs is 1. The maximum atomic E-state index is 13.1. The van der Waals surface area contributed by atoms with E-state index in [4.69, 9.17) is 14.0 Å². The van der Waals surface area contributed by atoms with Crippen LogP contribution in [-0.4, -0.2) is 69.3 Å². The van der Waals surface area contributed by atoms with Crippen LogP contribution in [0.15, 0.2) is 63.8 Å². The first kappa shape index (κ1) is 25.3. The summed E-state index contributed by atoms with van der Waals surface area (Å²) in [5.74, 6) is -0.735. The first-order valence-electron chi connectivity index (χ1n) is 11.6. The number of aliphatic hydroxyl groups excluding tert-OH is 3. The van der Waals surface area contributed by atoms with Gasteiger partial charge in [0.25, 0.3) is 0 Å². The van der Waals surface area contributed by atoms with Crippen molar-refractivity contribution in [2.24, 2.45) is 0 Å². The molecule has 0 saturated carbocycles. The Labute approximate surface area is 202 Å². The number of ether oxygens (including phenoxy) is 1. The summed E-state index contributed by atoms with van der Waals surface area (Å²) in [4.78, 5) is 18.6. The summed E-state index contributed by atoms with van der Waals surface area (Å²) in [6.07, 6.45) is -5.64. The highest BCUT2D eigenvalue weighted by atomic mass is 16.7. The van der Waals surface area contributed by atoms with Crippen molar-refractivity contribution in [2.75, 3.05) is 7.11 Å². The molecule has 9 heteroatoms. The fourth-order valence-electron chi connectivity index (χ4n) is 4.78. The van der Waals surface area contributed by atoms with E-state index in [1.165, 1.54) is 12.2 Å². The van der Waals surface area contributed by atoms with Crippen LogP contribution in [-0.2, 0) is 9.57 Å². The van der Waals surface area contributed by atoms with Crippen LogP contribution in [0.2, 0.25) is 0 Å². The van der Waals surface area contributed by atoms with E-state index in [0.717, 1.165) is 5.56 Å². The second kappa shape index (κ2) is 10.4. The van der Waals surface area contributed by atoms with Gasteiger partial charge in [-0.15, -0.1) is 0 Å². The minimum Gasteiger partial charge on any atom is -0.507 e. The third kappa shape index (κ3) is 4.84. The Morgan fingerprint density at radius 3 is 2.34 bits per heavy atom. The highest BCUT2D eigenvalue weighted by Crippen LogP contribution is 2.38. The smallest absolute Gasteiger partial charge is 0.343 e. The molecule has 4 N–H and O–H groups in total. The van der Waals surface area contributed by atoms with Crippen molar-refractivity contribution < 1.29 is 34.4 Å². The summed E-state index contributed by atoms with van der Waals surface area (Å²) in [5.41, 5.74) is 0.540. The lowest BCUT2D eigenvalue weighted by atomic mass is 9.85. The van der Waals surface area contributed by atoms with Gasteiger partial charge in [0.15, 0.2) is 6.23 Å². The third-order valence-corrected chi connectivity index (χ3v) is 6.67. The molecule has 0 radical (unpaired) electrons. The van der Waals surface area contributed by atoms with Gasteiger partial charge in [-0.1, -0.05) is 42.5 Å². The second-order valence-corrected chi connectivity index (χ2v) is 8.94. The van der Waals surface area contributed by atoms with E-state index >= 15 is 0 Å². The molecule has 0 spiro atoms.